The smallest absolute Gasteiger partial charge is 0.353 e. The Morgan fingerprint density at radius 3 is 2.57 bits per heavy atom. The van der Waals surface area contributed by atoms with Crippen LogP contribution in [0.1, 0.15) is 19.8 Å². The van der Waals surface area contributed by atoms with Crippen molar-refractivity contribution >= 4 is 27.2 Å². The molecular formula is C11H17N5O4S. The van der Waals surface area contributed by atoms with Crippen LogP contribution in [0.25, 0.3) is 0 Å². The van der Waals surface area contributed by atoms with Gasteiger partial charge in [0, 0.05) is 13.1 Å². The van der Waals surface area contributed by atoms with Crippen molar-refractivity contribution in [1.82, 2.24) is 9.97 Å². The van der Waals surface area contributed by atoms with Crippen LogP contribution in [0.5, 0.6) is 0 Å². The Kier molecular flexibility index (Phi) is 4.56. The van der Waals surface area contributed by atoms with Crippen LogP contribution in [-0.2, 0) is 9.84 Å². The Labute approximate surface area is 122 Å². The maximum atomic E-state index is 11.8. The average Bonchev–Trinajstić information content (AvgIpc) is 2.75. The molecule has 0 radical (unpaired) electrons. The van der Waals surface area contributed by atoms with Gasteiger partial charge in [0.25, 0.3) is 0 Å². The lowest BCUT2D eigenvalue weighted by molar-refractivity contribution is -0.383. The van der Waals surface area contributed by atoms with Crippen molar-refractivity contribution in [1.29, 1.82) is 0 Å². The van der Waals surface area contributed by atoms with Crippen LogP contribution in [0, 0.1) is 10.1 Å². The number of anilines is 2. The molecule has 0 amide bonds. The highest BCUT2D eigenvalue weighted by Crippen LogP contribution is 2.29. The predicted molar refractivity (Wildman–Crippen MR) is 78.1 cm³/mol. The monoisotopic (exact) mass is 315 g/mol. The van der Waals surface area contributed by atoms with Gasteiger partial charge in [0.05, 0.1) is 15.9 Å². The van der Waals surface area contributed by atoms with Gasteiger partial charge in [-0.1, -0.05) is 0 Å². The molecule has 10 heteroatoms. The molecule has 1 atom stereocenters. The predicted octanol–water partition coefficient (Wildman–Crippen LogP) is 0.806. The lowest BCUT2D eigenvalue weighted by atomic mass is 10.2. The molecule has 0 aromatic carbocycles. The zero-order valence-electron chi connectivity index (χ0n) is 11.6. The van der Waals surface area contributed by atoms with Crippen LogP contribution in [0.2, 0.25) is 0 Å². The van der Waals surface area contributed by atoms with Crippen LogP contribution >= 0.6 is 0 Å². The number of nitrogens with one attached hydrogen (secondary N) is 2. The Hall–Kier alpha value is -1.97. The molecule has 9 nitrogen and oxygen atoms in total. The van der Waals surface area contributed by atoms with Crippen LogP contribution in [0.4, 0.5) is 17.3 Å². The van der Waals surface area contributed by atoms with E-state index in [9.17, 15) is 18.5 Å². The van der Waals surface area contributed by atoms with Crippen molar-refractivity contribution in [3.05, 3.63) is 16.4 Å². The van der Waals surface area contributed by atoms with E-state index in [0.717, 1.165) is 0 Å². The van der Waals surface area contributed by atoms with Crippen LogP contribution in [0.3, 0.4) is 0 Å². The van der Waals surface area contributed by atoms with E-state index in [2.05, 4.69) is 20.6 Å². The number of nitrogens with zero attached hydrogens (tertiary/aromatic N) is 3. The highest BCUT2D eigenvalue weighted by atomic mass is 32.2. The van der Waals surface area contributed by atoms with Gasteiger partial charge in [-0.2, -0.15) is 0 Å². The van der Waals surface area contributed by atoms with Crippen LogP contribution in [-0.4, -0.2) is 47.4 Å². The Bertz CT molecular complexity index is 634. The molecule has 1 saturated heterocycles. The van der Waals surface area contributed by atoms with Crippen molar-refractivity contribution in [3.63, 3.8) is 0 Å². The summed E-state index contributed by atoms with van der Waals surface area (Å²) in [6.45, 7) is 2.39. The quantitative estimate of drug-likeness (QED) is 0.583. The summed E-state index contributed by atoms with van der Waals surface area (Å²) in [6.07, 6.45) is 2.40. The Balaban J connectivity index is 2.20. The topological polar surface area (TPSA) is 127 Å². The largest absolute Gasteiger partial charge is 0.364 e. The standard InChI is InChI=1S/C11H17N5O4S/c1-2-12-10-9(16(17)18)11(15-7-14-10)13-6-8-4-3-5-21(8,19)20/h7-8H,2-6H2,1H3,(H2,12,13,14,15). The fourth-order valence-electron chi connectivity index (χ4n) is 2.28. The third kappa shape index (κ3) is 3.38. The van der Waals surface area contributed by atoms with E-state index in [-0.39, 0.29) is 29.6 Å². The SMILES string of the molecule is CCNc1ncnc(NCC2CCCS2(=O)=O)c1[N+](=O)[O-]. The normalized spacial score (nSPS) is 20.1. The summed E-state index contributed by atoms with van der Waals surface area (Å²) >= 11 is 0. The zero-order valence-corrected chi connectivity index (χ0v) is 12.4. The summed E-state index contributed by atoms with van der Waals surface area (Å²) in [5.74, 6) is 0.329. The molecule has 2 heterocycles. The molecule has 0 spiro atoms. The maximum absolute atomic E-state index is 11.8. The van der Waals surface area contributed by atoms with Gasteiger partial charge in [-0.05, 0) is 19.8 Å². The molecule has 116 valence electrons. The van der Waals surface area contributed by atoms with Gasteiger partial charge in [-0.3, -0.25) is 10.1 Å². The van der Waals surface area contributed by atoms with Gasteiger partial charge < -0.3 is 10.6 Å². The first-order valence-electron chi connectivity index (χ1n) is 6.64. The van der Waals surface area contributed by atoms with E-state index in [1.54, 1.807) is 6.92 Å². The van der Waals surface area contributed by atoms with Gasteiger partial charge in [0.15, 0.2) is 9.84 Å². The number of hydrogen-bond donors (Lipinski definition) is 2. The van der Waals surface area contributed by atoms with Crippen molar-refractivity contribution in [2.24, 2.45) is 0 Å². The molecular weight excluding hydrogens is 298 g/mol. The molecule has 2 N–H and O–H groups in total. The molecule has 2 rings (SSSR count). The van der Waals surface area contributed by atoms with E-state index >= 15 is 0 Å². The van der Waals surface area contributed by atoms with Crippen LogP contribution in [0.15, 0.2) is 6.33 Å². The molecule has 1 aliphatic rings. The fourth-order valence-corrected chi connectivity index (χ4v) is 4.04. The summed E-state index contributed by atoms with van der Waals surface area (Å²) in [6, 6.07) is 0. The molecule has 1 aromatic heterocycles. The zero-order chi connectivity index (χ0) is 15.5. The highest BCUT2D eigenvalue weighted by molar-refractivity contribution is 7.92. The van der Waals surface area contributed by atoms with E-state index in [4.69, 9.17) is 0 Å². The van der Waals surface area contributed by atoms with Crippen molar-refractivity contribution < 1.29 is 13.3 Å². The first-order valence-corrected chi connectivity index (χ1v) is 8.36. The first-order chi connectivity index (χ1) is 9.95. The number of aromatic nitrogens is 2. The summed E-state index contributed by atoms with van der Waals surface area (Å²) in [7, 11) is -3.10. The van der Waals surface area contributed by atoms with E-state index in [0.29, 0.717) is 19.4 Å². The molecule has 1 fully saturated rings. The minimum atomic E-state index is -3.10. The highest BCUT2D eigenvalue weighted by Gasteiger charge is 2.32. The summed E-state index contributed by atoms with van der Waals surface area (Å²) < 4.78 is 23.5. The summed E-state index contributed by atoms with van der Waals surface area (Å²) in [4.78, 5) is 18.3. The minimum absolute atomic E-state index is 0.0352. The first kappa shape index (κ1) is 15.4. The second-order valence-electron chi connectivity index (χ2n) is 4.72. The summed E-state index contributed by atoms with van der Waals surface area (Å²) in [5.41, 5.74) is -0.269. The summed E-state index contributed by atoms with van der Waals surface area (Å²) in [5, 5.41) is 16.2. The third-order valence-corrected chi connectivity index (χ3v) is 5.58. The van der Waals surface area contributed by atoms with Crippen molar-refractivity contribution in [3.8, 4) is 0 Å². The van der Waals surface area contributed by atoms with Gasteiger partial charge >= 0.3 is 5.69 Å². The Morgan fingerprint density at radius 1 is 1.38 bits per heavy atom. The molecule has 0 aliphatic carbocycles. The minimum Gasteiger partial charge on any atom is -0.364 e. The van der Waals surface area contributed by atoms with Gasteiger partial charge in [-0.15, -0.1) is 0 Å². The lowest BCUT2D eigenvalue weighted by Gasteiger charge is -2.12. The van der Waals surface area contributed by atoms with Gasteiger partial charge in [0.1, 0.15) is 6.33 Å². The second-order valence-corrected chi connectivity index (χ2v) is 7.12. The molecule has 1 unspecified atom stereocenters. The number of rotatable bonds is 6. The average molecular weight is 315 g/mol. The van der Waals surface area contributed by atoms with E-state index in [1.807, 2.05) is 0 Å². The molecule has 21 heavy (non-hydrogen) atoms. The Morgan fingerprint density at radius 2 is 2.05 bits per heavy atom. The number of nitro groups is 1. The van der Waals surface area contributed by atoms with Gasteiger partial charge in [0.2, 0.25) is 11.6 Å². The van der Waals surface area contributed by atoms with Crippen LogP contribution < -0.4 is 10.6 Å². The molecule has 1 aliphatic heterocycles. The van der Waals surface area contributed by atoms with E-state index in [1.165, 1.54) is 6.33 Å². The molecule has 0 bridgehead atoms. The van der Waals surface area contributed by atoms with E-state index < -0.39 is 20.0 Å². The lowest BCUT2D eigenvalue weighted by Crippen LogP contribution is -2.25. The molecule has 1 aromatic rings. The fraction of sp³-hybridized carbons (Fsp3) is 0.636. The van der Waals surface area contributed by atoms with Crippen molar-refractivity contribution in [2.75, 3.05) is 29.5 Å². The maximum Gasteiger partial charge on any atom is 0.353 e. The van der Waals surface area contributed by atoms with Gasteiger partial charge in [-0.25, -0.2) is 18.4 Å². The molecule has 0 saturated carbocycles. The second kappa shape index (κ2) is 6.20. The van der Waals surface area contributed by atoms with Crippen molar-refractivity contribution in [2.45, 2.75) is 25.0 Å². The number of hydrogen-bond acceptors (Lipinski definition) is 8. The third-order valence-electron chi connectivity index (χ3n) is 3.31. The number of sulfone groups is 1.